The van der Waals surface area contributed by atoms with Crippen molar-refractivity contribution in [3.8, 4) is 11.4 Å². The average Bonchev–Trinajstić information content (AvgIpc) is 3.40. The molecule has 0 radical (unpaired) electrons. The monoisotopic (exact) mass is 522 g/mol. The third kappa shape index (κ3) is 5.49. The largest absolute Gasteiger partial charge is 0.449 e. The van der Waals surface area contributed by atoms with E-state index in [4.69, 9.17) is 24.5 Å². The predicted molar refractivity (Wildman–Crippen MR) is 143 cm³/mol. The van der Waals surface area contributed by atoms with E-state index in [1.54, 1.807) is 11.9 Å². The van der Waals surface area contributed by atoms with Gasteiger partial charge in [0.2, 0.25) is 0 Å². The first-order valence-corrected chi connectivity index (χ1v) is 13.2. The second-order valence-electron chi connectivity index (χ2n) is 9.41. The van der Waals surface area contributed by atoms with Crippen LogP contribution in [0.5, 0.6) is 0 Å². The van der Waals surface area contributed by atoms with Gasteiger partial charge in [-0.1, -0.05) is 6.92 Å². The van der Waals surface area contributed by atoms with E-state index in [0.717, 1.165) is 54.8 Å². The van der Waals surface area contributed by atoms with Crippen molar-refractivity contribution in [2.45, 2.75) is 32.2 Å². The average molecular weight is 523 g/mol. The van der Waals surface area contributed by atoms with Crippen molar-refractivity contribution in [1.29, 1.82) is 0 Å². The molecule has 2 aromatic heterocycles. The zero-order valence-electron chi connectivity index (χ0n) is 21.9. The number of amides is 3. The molecule has 0 bridgehead atoms. The first kappa shape index (κ1) is 25.7. The number of carbonyl (C=O) groups excluding carboxylic acids is 2. The second-order valence-corrected chi connectivity index (χ2v) is 9.41. The molecule has 4 heterocycles. The molecule has 5 rings (SSSR count). The fraction of sp³-hybridized carbons (Fsp3) is 0.500. The number of hydrogen-bond donors (Lipinski definition) is 2. The molecule has 3 amide bonds. The van der Waals surface area contributed by atoms with Crippen molar-refractivity contribution < 1.29 is 19.1 Å². The van der Waals surface area contributed by atoms with E-state index in [9.17, 15) is 9.59 Å². The molecule has 0 aliphatic carbocycles. The third-order valence-corrected chi connectivity index (χ3v) is 6.87. The minimum Gasteiger partial charge on any atom is -0.449 e. The highest BCUT2D eigenvalue weighted by Crippen LogP contribution is 2.32. The van der Waals surface area contributed by atoms with E-state index in [-0.39, 0.29) is 18.2 Å². The van der Waals surface area contributed by atoms with Gasteiger partial charge in [0.15, 0.2) is 11.5 Å². The maximum absolute atomic E-state index is 12.3. The van der Waals surface area contributed by atoms with Crippen molar-refractivity contribution in [3.63, 3.8) is 0 Å². The number of rotatable bonds is 6. The molecule has 0 spiro atoms. The first-order valence-electron chi connectivity index (χ1n) is 13.2. The summed E-state index contributed by atoms with van der Waals surface area (Å²) >= 11 is 0. The predicted octanol–water partition coefficient (Wildman–Crippen LogP) is 3.26. The van der Waals surface area contributed by atoms with Gasteiger partial charge in [0.05, 0.1) is 37.4 Å². The lowest BCUT2D eigenvalue weighted by Crippen LogP contribution is -2.39. The zero-order chi connectivity index (χ0) is 26.5. The summed E-state index contributed by atoms with van der Waals surface area (Å²) in [5, 5.41) is 11.0. The van der Waals surface area contributed by atoms with Gasteiger partial charge in [-0.05, 0) is 43.5 Å². The summed E-state index contributed by atoms with van der Waals surface area (Å²) in [6, 6.07) is 7.29. The molecule has 1 aromatic carbocycles. The lowest BCUT2D eigenvalue weighted by Gasteiger charge is -2.31. The summed E-state index contributed by atoms with van der Waals surface area (Å²) in [4.78, 5) is 37.9. The van der Waals surface area contributed by atoms with Crippen LogP contribution in [0.25, 0.3) is 22.4 Å². The number of benzene rings is 1. The molecular weight excluding hydrogens is 488 g/mol. The molecule has 2 N–H and O–H groups in total. The first-order chi connectivity index (χ1) is 18.6. The van der Waals surface area contributed by atoms with Gasteiger partial charge in [0.25, 0.3) is 0 Å². The number of fused-ring (bicyclic) bond motifs is 1. The fourth-order valence-corrected chi connectivity index (χ4v) is 4.79. The van der Waals surface area contributed by atoms with Gasteiger partial charge in [-0.3, -0.25) is 0 Å². The molecule has 38 heavy (non-hydrogen) atoms. The van der Waals surface area contributed by atoms with E-state index in [0.29, 0.717) is 44.4 Å². The molecule has 12 nitrogen and oxygen atoms in total. The zero-order valence-corrected chi connectivity index (χ0v) is 21.9. The number of morpholine rings is 1. The number of likely N-dealkylation sites (tertiary alicyclic amines) is 1. The molecule has 2 fully saturated rings. The molecular formula is C26H34N8O4. The van der Waals surface area contributed by atoms with Crippen molar-refractivity contribution >= 4 is 34.7 Å². The Morgan fingerprint density at radius 2 is 1.82 bits per heavy atom. The maximum Gasteiger partial charge on any atom is 0.409 e. The molecule has 0 atom stereocenters. The highest BCUT2D eigenvalue weighted by atomic mass is 16.6. The van der Waals surface area contributed by atoms with Crippen LogP contribution in [0, 0.1) is 0 Å². The fourth-order valence-electron chi connectivity index (χ4n) is 4.79. The van der Waals surface area contributed by atoms with Crippen LogP contribution >= 0.6 is 0 Å². The number of hydrogen-bond acceptors (Lipinski definition) is 8. The highest BCUT2D eigenvalue weighted by Gasteiger charge is 2.28. The molecule has 12 heteroatoms. The smallest absolute Gasteiger partial charge is 0.409 e. The Bertz CT molecular complexity index is 1260. The summed E-state index contributed by atoms with van der Waals surface area (Å²) in [6.45, 7) is 6.41. The molecule has 0 saturated carbocycles. The standard InChI is InChI=1S/C26H34N8O4/c1-3-14-38-26(36)33-10-8-20(9-11-33)34-24-21(17-28-34)23(32-12-15-37-16-13-32)30-22(31-24)18-4-6-19(7-5-18)29-25(35)27-2/h4-7,17,20H,3,8-16H2,1-2H3,(H2,27,29,35). The summed E-state index contributed by atoms with van der Waals surface area (Å²) in [5.74, 6) is 1.43. The van der Waals surface area contributed by atoms with Gasteiger partial charge >= 0.3 is 12.1 Å². The maximum atomic E-state index is 12.3. The molecule has 202 valence electrons. The number of aromatic nitrogens is 4. The molecule has 2 aliphatic heterocycles. The van der Waals surface area contributed by atoms with Crippen molar-refractivity contribution in [3.05, 3.63) is 30.5 Å². The van der Waals surface area contributed by atoms with Gasteiger partial charge in [-0.15, -0.1) is 0 Å². The van der Waals surface area contributed by atoms with Crippen LogP contribution in [-0.4, -0.2) is 89.8 Å². The molecule has 2 saturated heterocycles. The van der Waals surface area contributed by atoms with Crippen LogP contribution in [0.1, 0.15) is 32.2 Å². The van der Waals surface area contributed by atoms with Crippen LogP contribution in [0.3, 0.4) is 0 Å². The van der Waals surface area contributed by atoms with E-state index in [1.807, 2.05) is 42.1 Å². The minimum atomic E-state index is -0.279. The normalized spacial score (nSPS) is 16.5. The number of carbonyl (C=O) groups is 2. The van der Waals surface area contributed by atoms with Gasteiger partial charge in [-0.25, -0.2) is 24.2 Å². The van der Waals surface area contributed by atoms with Crippen molar-refractivity contribution in [2.24, 2.45) is 0 Å². The summed E-state index contributed by atoms with van der Waals surface area (Å²) in [6.07, 6.45) is 3.95. The molecule has 3 aromatic rings. The quantitative estimate of drug-likeness (QED) is 0.505. The van der Waals surface area contributed by atoms with Gasteiger partial charge in [0, 0.05) is 44.5 Å². The second kappa shape index (κ2) is 11.6. The van der Waals surface area contributed by atoms with Gasteiger partial charge in [-0.2, -0.15) is 5.10 Å². The Balaban J connectivity index is 1.45. The number of nitrogens with one attached hydrogen (secondary N) is 2. The number of ether oxygens (including phenoxy) is 2. The van der Waals surface area contributed by atoms with Crippen LogP contribution in [0.2, 0.25) is 0 Å². The Morgan fingerprint density at radius 3 is 2.50 bits per heavy atom. The Morgan fingerprint density at radius 1 is 1.08 bits per heavy atom. The van der Waals surface area contributed by atoms with E-state index in [1.165, 1.54) is 0 Å². The highest BCUT2D eigenvalue weighted by molar-refractivity contribution is 5.90. The summed E-state index contributed by atoms with van der Waals surface area (Å²) in [7, 11) is 1.57. The number of anilines is 2. The lowest BCUT2D eigenvalue weighted by atomic mass is 10.1. The number of piperidine rings is 1. The van der Waals surface area contributed by atoms with Crippen LogP contribution in [0.15, 0.2) is 30.5 Å². The van der Waals surface area contributed by atoms with E-state index >= 15 is 0 Å². The van der Waals surface area contributed by atoms with Crippen molar-refractivity contribution in [1.82, 2.24) is 30.0 Å². The molecule has 0 unspecified atom stereocenters. The van der Waals surface area contributed by atoms with Crippen molar-refractivity contribution in [2.75, 3.05) is 63.3 Å². The third-order valence-electron chi connectivity index (χ3n) is 6.87. The number of nitrogens with zero attached hydrogens (tertiary/aromatic N) is 6. The van der Waals surface area contributed by atoms with Gasteiger partial charge in [0.1, 0.15) is 5.82 Å². The Kier molecular flexibility index (Phi) is 7.87. The summed E-state index contributed by atoms with van der Waals surface area (Å²) in [5.41, 5.74) is 2.29. The minimum absolute atomic E-state index is 0.113. The van der Waals surface area contributed by atoms with E-state index < -0.39 is 0 Å². The number of urea groups is 1. The van der Waals surface area contributed by atoms with Gasteiger partial charge < -0.3 is 29.9 Å². The van der Waals surface area contributed by atoms with Crippen LogP contribution in [0.4, 0.5) is 21.1 Å². The lowest BCUT2D eigenvalue weighted by molar-refractivity contribution is 0.0879. The summed E-state index contributed by atoms with van der Waals surface area (Å²) < 4.78 is 12.9. The SMILES string of the molecule is CCCOC(=O)N1CCC(n2ncc3c(N4CCOCC4)nc(-c4ccc(NC(=O)NC)cc4)nc32)CC1. The molecule has 2 aliphatic rings. The Hall–Kier alpha value is -3.93. The van der Waals surface area contributed by atoms with E-state index in [2.05, 4.69) is 15.5 Å². The Labute approximate surface area is 221 Å². The topological polar surface area (TPSA) is 127 Å². The van der Waals surface area contributed by atoms with Crippen LogP contribution < -0.4 is 15.5 Å². The van der Waals surface area contributed by atoms with Crippen LogP contribution in [-0.2, 0) is 9.47 Å².